The summed E-state index contributed by atoms with van der Waals surface area (Å²) in [6, 6.07) is 2.21. The van der Waals surface area contributed by atoms with Crippen molar-refractivity contribution in [1.82, 2.24) is 0 Å². The number of ether oxygens (including phenoxy) is 1. The second-order valence-electron chi connectivity index (χ2n) is 15.0. The molecule has 0 saturated heterocycles. The zero-order valence-electron chi connectivity index (χ0n) is 24.9. The number of allylic oxidation sites excluding steroid dienone is 3. The fourth-order valence-corrected chi connectivity index (χ4v) is 9.65. The van der Waals surface area contributed by atoms with Crippen molar-refractivity contribution in [3.05, 3.63) is 23.3 Å². The van der Waals surface area contributed by atoms with Gasteiger partial charge in [0.05, 0.1) is 35.8 Å². The minimum Gasteiger partial charge on any atom is -0.469 e. The van der Waals surface area contributed by atoms with Crippen LogP contribution in [-0.4, -0.2) is 31.1 Å². The van der Waals surface area contributed by atoms with E-state index >= 15 is 0 Å². The van der Waals surface area contributed by atoms with Gasteiger partial charge in [0, 0.05) is 10.8 Å². The maximum atomic E-state index is 13.3. The molecule has 1 aliphatic heterocycles. The van der Waals surface area contributed by atoms with Crippen molar-refractivity contribution < 1.29 is 14.3 Å². The molecule has 4 aliphatic carbocycles. The summed E-state index contributed by atoms with van der Waals surface area (Å²) in [6.07, 6.45) is 17.7. The van der Waals surface area contributed by atoms with Crippen molar-refractivity contribution >= 4 is 17.5 Å². The number of methoxy groups -OCH3 is 1. The van der Waals surface area contributed by atoms with Crippen molar-refractivity contribution in [3.63, 3.8) is 0 Å². The van der Waals surface area contributed by atoms with E-state index in [0.29, 0.717) is 6.54 Å². The van der Waals surface area contributed by atoms with Crippen LogP contribution in [-0.2, 0) is 14.3 Å². The summed E-state index contributed by atoms with van der Waals surface area (Å²) in [4.78, 5) is 31.2. The molecule has 1 heterocycles. The van der Waals surface area contributed by atoms with E-state index in [1.165, 1.54) is 7.11 Å². The van der Waals surface area contributed by atoms with Crippen molar-refractivity contribution in [2.45, 2.75) is 92.9 Å². The molecule has 0 aromatic heterocycles. The smallest absolute Gasteiger partial charge is 0.312 e. The van der Waals surface area contributed by atoms with Crippen LogP contribution in [0.15, 0.2) is 28.3 Å². The highest BCUT2D eigenvalue weighted by Gasteiger charge is 2.66. The first-order chi connectivity index (χ1) is 18.1. The van der Waals surface area contributed by atoms with E-state index < -0.39 is 21.7 Å². The monoisotopic (exact) mass is 528 g/mol. The maximum absolute atomic E-state index is 13.3. The Hall–Kier alpha value is -2.66. The number of hydrogen-bond donors (Lipinski definition) is 0. The number of nitrogens with zero attached hydrogens (tertiary/aromatic N) is 2. The summed E-state index contributed by atoms with van der Waals surface area (Å²) in [6.45, 7) is 13.9. The largest absolute Gasteiger partial charge is 0.469 e. The fourth-order valence-electron chi connectivity index (χ4n) is 9.65. The van der Waals surface area contributed by atoms with Gasteiger partial charge in [0.2, 0.25) is 0 Å². The molecule has 0 radical (unpaired) electrons. The number of terminal acetylenes is 1. The lowest BCUT2D eigenvalue weighted by atomic mass is 9.38. The minimum atomic E-state index is -0.666. The zero-order chi connectivity index (χ0) is 28.6. The van der Waals surface area contributed by atoms with Crippen molar-refractivity contribution in [2.24, 2.45) is 49.3 Å². The maximum Gasteiger partial charge on any atom is 0.312 e. The van der Waals surface area contributed by atoms with Gasteiger partial charge in [0.1, 0.15) is 6.07 Å². The predicted octanol–water partition coefficient (Wildman–Crippen LogP) is 6.64. The van der Waals surface area contributed by atoms with Gasteiger partial charge in [0.25, 0.3) is 0 Å². The van der Waals surface area contributed by atoms with Gasteiger partial charge in [0.15, 0.2) is 5.78 Å². The third kappa shape index (κ3) is 3.83. The Morgan fingerprint density at radius 3 is 2.36 bits per heavy atom. The molecule has 5 nitrogen and oxygen atoms in total. The van der Waals surface area contributed by atoms with E-state index in [1.807, 2.05) is 19.9 Å². The molecule has 5 rings (SSSR count). The summed E-state index contributed by atoms with van der Waals surface area (Å²) >= 11 is 0. The lowest BCUT2D eigenvalue weighted by Crippen LogP contribution is -2.59. The number of hydrogen-bond acceptors (Lipinski definition) is 5. The summed E-state index contributed by atoms with van der Waals surface area (Å²) in [5.41, 5.74) is 0.106. The molecule has 0 unspecified atom stereocenters. The lowest BCUT2D eigenvalue weighted by molar-refractivity contribution is -0.172. The van der Waals surface area contributed by atoms with Gasteiger partial charge in [-0.3, -0.25) is 14.6 Å². The lowest BCUT2D eigenvalue weighted by Gasteiger charge is -2.64. The normalized spacial score (nSPS) is 43.1. The number of esters is 1. The molecule has 5 heteroatoms. The summed E-state index contributed by atoms with van der Waals surface area (Å²) in [5, 5.41) is 9.98. The number of aliphatic imine (C=N–C) groups is 1. The Labute approximate surface area is 234 Å². The fraction of sp³-hybridized carbons (Fsp3) is 0.706. The molecular weight excluding hydrogens is 484 g/mol. The van der Waals surface area contributed by atoms with Crippen LogP contribution in [0.25, 0.3) is 0 Å². The second kappa shape index (κ2) is 8.67. The quantitative estimate of drug-likeness (QED) is 0.304. The highest BCUT2D eigenvalue weighted by molar-refractivity contribution is 6.07. The van der Waals surface area contributed by atoms with Crippen LogP contribution in [0, 0.1) is 68.0 Å². The van der Waals surface area contributed by atoms with Gasteiger partial charge in [-0.2, -0.15) is 5.26 Å². The first kappa shape index (κ1) is 27.9. The number of carbonyl (C=O) groups is 2. The van der Waals surface area contributed by atoms with E-state index in [0.717, 1.165) is 62.7 Å². The molecule has 6 atom stereocenters. The number of carbonyl (C=O) groups excluding carboxylic acids is 2. The number of rotatable bonds is 3. The van der Waals surface area contributed by atoms with Crippen molar-refractivity contribution in [3.8, 4) is 18.4 Å². The number of Topliss-reactive ketones (excluding diaryl/α,β-unsaturated/α-hetero) is 1. The van der Waals surface area contributed by atoms with Gasteiger partial charge in [-0.05, 0) is 85.7 Å². The van der Waals surface area contributed by atoms with Gasteiger partial charge in [-0.15, -0.1) is 6.42 Å². The topological polar surface area (TPSA) is 79.5 Å². The first-order valence-electron chi connectivity index (χ1n) is 14.6. The van der Waals surface area contributed by atoms with Gasteiger partial charge >= 0.3 is 5.97 Å². The molecule has 208 valence electrons. The highest BCUT2D eigenvalue weighted by atomic mass is 16.5. The molecule has 5 aliphatic rings. The zero-order valence-corrected chi connectivity index (χ0v) is 24.9. The van der Waals surface area contributed by atoms with Gasteiger partial charge in [-0.1, -0.05) is 53.5 Å². The first-order valence-corrected chi connectivity index (χ1v) is 14.6. The molecule has 3 saturated carbocycles. The summed E-state index contributed by atoms with van der Waals surface area (Å²) in [7, 11) is 1.52. The standard InChI is InChI=1S/C34H44N2O3/c1-9-34(31(6)13-15-33(28(38)39-8)14-12-29(2,3)18-23(33)19-31)11-10-25-30(4,5)27(37)22(20-35)17-32(25,7)26(34)16-24-21-36-24/h1,16-17,23,25H,10-15,18-19,21H2,2-8H3/b26-16-/t23-,25-,31+,32-,33-,34+/m0/s1. The van der Waals surface area contributed by atoms with Gasteiger partial charge < -0.3 is 4.74 Å². The Balaban J connectivity index is 1.66. The molecule has 0 N–H and O–H groups in total. The Bertz CT molecular complexity index is 1300. The number of ketones is 1. The van der Waals surface area contributed by atoms with E-state index in [1.54, 1.807) is 0 Å². The minimum absolute atomic E-state index is 0.0386. The third-order valence-corrected chi connectivity index (χ3v) is 12.0. The van der Waals surface area contributed by atoms with Crippen LogP contribution in [0.4, 0.5) is 0 Å². The van der Waals surface area contributed by atoms with E-state index in [4.69, 9.17) is 11.2 Å². The molecule has 0 amide bonds. The highest BCUT2D eigenvalue weighted by Crippen LogP contribution is 2.71. The van der Waals surface area contributed by atoms with Crippen LogP contribution in [0.1, 0.15) is 92.9 Å². The third-order valence-electron chi connectivity index (χ3n) is 12.0. The molecule has 0 spiro atoms. The molecule has 0 aromatic rings. The Morgan fingerprint density at radius 1 is 1.10 bits per heavy atom. The number of nitriles is 1. The Morgan fingerprint density at radius 2 is 1.77 bits per heavy atom. The molecule has 0 bridgehead atoms. The average molecular weight is 529 g/mol. The van der Waals surface area contributed by atoms with Crippen molar-refractivity contribution in [1.29, 1.82) is 5.26 Å². The molecule has 0 aromatic carbocycles. The van der Waals surface area contributed by atoms with Crippen LogP contribution in [0.3, 0.4) is 0 Å². The average Bonchev–Trinajstić information content (AvgIpc) is 3.70. The second-order valence-corrected chi connectivity index (χ2v) is 15.0. The van der Waals surface area contributed by atoms with Crippen molar-refractivity contribution in [2.75, 3.05) is 13.7 Å². The van der Waals surface area contributed by atoms with Crippen LogP contribution >= 0.6 is 0 Å². The molecular formula is C34H44N2O3. The Kier molecular flexibility index (Phi) is 6.20. The summed E-state index contributed by atoms with van der Waals surface area (Å²) in [5.74, 6) is 3.47. The molecule has 3 fully saturated rings. The van der Waals surface area contributed by atoms with Gasteiger partial charge in [-0.25, -0.2) is 0 Å². The summed E-state index contributed by atoms with van der Waals surface area (Å²) < 4.78 is 5.43. The van der Waals surface area contributed by atoms with E-state index in [9.17, 15) is 14.9 Å². The molecule has 39 heavy (non-hydrogen) atoms. The van der Waals surface area contributed by atoms with Crippen LogP contribution in [0.5, 0.6) is 0 Å². The van der Waals surface area contributed by atoms with Crippen LogP contribution < -0.4 is 0 Å². The predicted molar refractivity (Wildman–Crippen MR) is 152 cm³/mol. The van der Waals surface area contributed by atoms with E-state index in [2.05, 4.69) is 50.8 Å². The van der Waals surface area contributed by atoms with E-state index in [-0.39, 0.29) is 40.0 Å². The van der Waals surface area contributed by atoms with Crippen LogP contribution in [0.2, 0.25) is 0 Å². The number of fused-ring (bicyclic) bond motifs is 2. The SMILES string of the molecule is C#C[C@@]1([C@]2(C)CC[C@@]3(C(=O)OC)CCC(C)(C)C[C@H]3C2)CC[C@H]2C(C)(C)C(=O)C(C#N)=C[C@]2(C)/C1=C/C1=NC1.